The fourth-order valence-electron chi connectivity index (χ4n) is 3.20. The summed E-state index contributed by atoms with van der Waals surface area (Å²) in [5, 5.41) is 24.5. The molecule has 0 radical (unpaired) electrons. The smallest absolute Gasteiger partial charge is 0.353 e. The normalized spacial score (nSPS) is 10.7. The number of nitro groups is 1. The molecule has 0 atom stereocenters. The number of nitrogens with one attached hydrogen (secondary N) is 1. The van der Waals surface area contributed by atoms with Crippen LogP contribution in [0.2, 0.25) is 0 Å². The number of hydrogen-bond acceptors (Lipinski definition) is 7. The fourth-order valence-corrected chi connectivity index (χ4v) is 3.20. The minimum absolute atomic E-state index is 0.131. The van der Waals surface area contributed by atoms with Gasteiger partial charge >= 0.3 is 5.69 Å². The van der Waals surface area contributed by atoms with Crippen molar-refractivity contribution < 1.29 is 10.0 Å². The van der Waals surface area contributed by atoms with Gasteiger partial charge in [-0.2, -0.15) is 0 Å². The SMILES string of the molecule is CCN(CCO)c1ncnc(NC(c2ccccc2)c2ccccc2)c1[N+](=O)[O-]. The monoisotopic (exact) mass is 393 g/mol. The van der Waals surface area contributed by atoms with Gasteiger partial charge < -0.3 is 15.3 Å². The summed E-state index contributed by atoms with van der Waals surface area (Å²) in [5.74, 6) is 0.318. The summed E-state index contributed by atoms with van der Waals surface area (Å²) in [6.07, 6.45) is 1.30. The molecule has 0 bridgehead atoms. The molecular formula is C21H23N5O3. The van der Waals surface area contributed by atoms with Crippen LogP contribution in [0.4, 0.5) is 17.3 Å². The van der Waals surface area contributed by atoms with E-state index >= 15 is 0 Å². The molecule has 8 nitrogen and oxygen atoms in total. The Kier molecular flexibility index (Phi) is 6.70. The second kappa shape index (κ2) is 9.61. The minimum atomic E-state index is -0.481. The Morgan fingerprint density at radius 1 is 1.07 bits per heavy atom. The Morgan fingerprint density at radius 2 is 1.66 bits per heavy atom. The molecule has 0 saturated heterocycles. The van der Waals surface area contributed by atoms with E-state index in [1.165, 1.54) is 6.33 Å². The van der Waals surface area contributed by atoms with Crippen molar-refractivity contribution >= 4 is 17.3 Å². The van der Waals surface area contributed by atoms with Crippen LogP contribution >= 0.6 is 0 Å². The average Bonchev–Trinajstić information content (AvgIpc) is 2.76. The van der Waals surface area contributed by atoms with Crippen molar-refractivity contribution in [2.75, 3.05) is 29.9 Å². The summed E-state index contributed by atoms with van der Waals surface area (Å²) in [4.78, 5) is 21.4. The van der Waals surface area contributed by atoms with E-state index in [4.69, 9.17) is 0 Å². The zero-order valence-electron chi connectivity index (χ0n) is 16.1. The minimum Gasteiger partial charge on any atom is -0.395 e. The Hall–Kier alpha value is -3.52. The van der Waals surface area contributed by atoms with E-state index in [0.717, 1.165) is 11.1 Å². The molecule has 1 aromatic heterocycles. The van der Waals surface area contributed by atoms with Gasteiger partial charge in [0.25, 0.3) is 0 Å². The van der Waals surface area contributed by atoms with Gasteiger partial charge in [0, 0.05) is 13.1 Å². The van der Waals surface area contributed by atoms with Crippen molar-refractivity contribution in [3.8, 4) is 0 Å². The van der Waals surface area contributed by atoms with E-state index in [1.54, 1.807) is 4.90 Å². The molecule has 2 aromatic carbocycles. The average molecular weight is 393 g/mol. The van der Waals surface area contributed by atoms with Crippen molar-refractivity contribution in [1.29, 1.82) is 0 Å². The van der Waals surface area contributed by atoms with Gasteiger partial charge in [0.1, 0.15) is 6.33 Å². The zero-order valence-corrected chi connectivity index (χ0v) is 16.1. The Morgan fingerprint density at radius 3 is 2.14 bits per heavy atom. The second-order valence-electron chi connectivity index (χ2n) is 6.35. The van der Waals surface area contributed by atoms with E-state index in [0.29, 0.717) is 6.54 Å². The van der Waals surface area contributed by atoms with Crippen LogP contribution in [0.5, 0.6) is 0 Å². The molecule has 0 aliphatic carbocycles. The quantitative estimate of drug-likeness (QED) is 0.424. The first-order valence-electron chi connectivity index (χ1n) is 9.37. The number of aromatic nitrogens is 2. The van der Waals surface area contributed by atoms with Gasteiger partial charge in [-0.05, 0) is 18.1 Å². The number of benzene rings is 2. The number of aliphatic hydroxyl groups excluding tert-OH is 1. The van der Waals surface area contributed by atoms with Gasteiger partial charge in [0.05, 0.1) is 17.6 Å². The maximum atomic E-state index is 11.9. The van der Waals surface area contributed by atoms with Crippen LogP contribution in [0.25, 0.3) is 0 Å². The lowest BCUT2D eigenvalue weighted by Gasteiger charge is -2.23. The number of anilines is 2. The molecule has 3 aromatic rings. The number of nitrogens with zero attached hydrogens (tertiary/aromatic N) is 4. The van der Waals surface area contributed by atoms with Crippen LogP contribution in [0, 0.1) is 10.1 Å². The molecule has 150 valence electrons. The van der Waals surface area contributed by atoms with E-state index in [9.17, 15) is 15.2 Å². The molecule has 0 aliphatic rings. The highest BCUT2D eigenvalue weighted by Gasteiger charge is 2.28. The van der Waals surface area contributed by atoms with Crippen molar-refractivity contribution in [3.63, 3.8) is 0 Å². The largest absolute Gasteiger partial charge is 0.395 e. The van der Waals surface area contributed by atoms with E-state index in [2.05, 4.69) is 15.3 Å². The highest BCUT2D eigenvalue weighted by atomic mass is 16.6. The standard InChI is InChI=1S/C21H23N5O3/c1-2-25(13-14-27)21-19(26(28)29)20(22-15-23-21)24-18(16-9-5-3-6-10-16)17-11-7-4-8-12-17/h3-12,15,18,27H,2,13-14H2,1H3,(H,22,23,24). The molecule has 0 fully saturated rings. The lowest BCUT2D eigenvalue weighted by molar-refractivity contribution is -0.383. The Bertz CT molecular complexity index is 898. The molecule has 29 heavy (non-hydrogen) atoms. The summed E-state index contributed by atoms with van der Waals surface area (Å²) in [6, 6.07) is 19.1. The summed E-state index contributed by atoms with van der Waals surface area (Å²) in [5.41, 5.74) is 1.70. The topological polar surface area (TPSA) is 104 Å². The van der Waals surface area contributed by atoms with Gasteiger partial charge in [-0.3, -0.25) is 10.1 Å². The maximum absolute atomic E-state index is 11.9. The predicted octanol–water partition coefficient (Wildman–Crippen LogP) is 3.40. The molecule has 2 N–H and O–H groups in total. The van der Waals surface area contributed by atoms with E-state index in [1.807, 2.05) is 67.6 Å². The van der Waals surface area contributed by atoms with Gasteiger partial charge in [-0.1, -0.05) is 60.7 Å². The molecular weight excluding hydrogens is 370 g/mol. The second-order valence-corrected chi connectivity index (χ2v) is 6.35. The first-order chi connectivity index (χ1) is 14.2. The van der Waals surface area contributed by atoms with Crippen LogP contribution in [0.3, 0.4) is 0 Å². The predicted molar refractivity (Wildman–Crippen MR) is 112 cm³/mol. The van der Waals surface area contributed by atoms with Gasteiger partial charge in [0.2, 0.25) is 11.6 Å². The summed E-state index contributed by atoms with van der Waals surface area (Å²) in [6.45, 7) is 2.44. The number of aliphatic hydroxyl groups is 1. The third kappa shape index (κ3) is 4.67. The van der Waals surface area contributed by atoms with Gasteiger partial charge in [-0.15, -0.1) is 0 Å². The van der Waals surface area contributed by atoms with Gasteiger partial charge in [0.15, 0.2) is 0 Å². The third-order valence-corrected chi connectivity index (χ3v) is 4.58. The maximum Gasteiger partial charge on any atom is 0.353 e. The van der Waals surface area contributed by atoms with E-state index < -0.39 is 4.92 Å². The Labute approximate surface area is 169 Å². The van der Waals surface area contributed by atoms with Crippen LogP contribution in [0.15, 0.2) is 67.0 Å². The summed E-state index contributed by atoms with van der Waals surface area (Å²) >= 11 is 0. The molecule has 1 heterocycles. The van der Waals surface area contributed by atoms with Crippen molar-refractivity contribution in [1.82, 2.24) is 9.97 Å². The molecule has 0 unspecified atom stereocenters. The lowest BCUT2D eigenvalue weighted by atomic mass is 9.99. The highest BCUT2D eigenvalue weighted by molar-refractivity contribution is 5.71. The van der Waals surface area contributed by atoms with Crippen LogP contribution < -0.4 is 10.2 Å². The van der Waals surface area contributed by atoms with Crippen LogP contribution in [-0.2, 0) is 0 Å². The van der Waals surface area contributed by atoms with E-state index in [-0.39, 0.29) is 36.5 Å². The Balaban J connectivity index is 2.07. The lowest BCUT2D eigenvalue weighted by Crippen LogP contribution is -2.28. The van der Waals surface area contributed by atoms with Crippen molar-refractivity contribution in [2.24, 2.45) is 0 Å². The van der Waals surface area contributed by atoms with Crippen LogP contribution in [0.1, 0.15) is 24.1 Å². The summed E-state index contributed by atoms with van der Waals surface area (Å²) in [7, 11) is 0. The molecule has 0 spiro atoms. The first-order valence-corrected chi connectivity index (χ1v) is 9.37. The van der Waals surface area contributed by atoms with Crippen LogP contribution in [-0.4, -0.2) is 39.7 Å². The third-order valence-electron chi connectivity index (χ3n) is 4.58. The van der Waals surface area contributed by atoms with Crippen molar-refractivity contribution in [3.05, 3.63) is 88.2 Å². The summed E-state index contributed by atoms with van der Waals surface area (Å²) < 4.78 is 0. The fraction of sp³-hybridized carbons (Fsp3) is 0.238. The molecule has 0 amide bonds. The highest BCUT2D eigenvalue weighted by Crippen LogP contribution is 2.35. The number of likely N-dealkylation sites (N-methyl/N-ethyl adjacent to an activating group) is 1. The van der Waals surface area contributed by atoms with Gasteiger partial charge in [-0.25, -0.2) is 9.97 Å². The van der Waals surface area contributed by atoms with Crippen molar-refractivity contribution in [2.45, 2.75) is 13.0 Å². The molecule has 0 aliphatic heterocycles. The number of hydrogen-bond donors (Lipinski definition) is 2. The molecule has 8 heteroatoms. The zero-order chi connectivity index (χ0) is 20.6. The molecule has 0 saturated carbocycles. The number of rotatable bonds is 9. The first kappa shape index (κ1) is 20.2. The molecule has 3 rings (SSSR count).